The van der Waals surface area contributed by atoms with Gasteiger partial charge in [-0.3, -0.25) is 9.52 Å². The molecule has 1 N–H and O–H groups in total. The summed E-state index contributed by atoms with van der Waals surface area (Å²) in [7, 11) is -3.96. The number of ketones is 1. The van der Waals surface area contributed by atoms with Crippen molar-refractivity contribution in [2.24, 2.45) is 0 Å². The molecule has 7 nitrogen and oxygen atoms in total. The smallest absolute Gasteiger partial charge is 0.261 e. The Kier molecular flexibility index (Phi) is 6.43. The number of rotatable bonds is 6. The zero-order valence-electron chi connectivity index (χ0n) is 18.0. The summed E-state index contributed by atoms with van der Waals surface area (Å²) < 4.78 is 34.7. The topological polar surface area (TPSA) is 99.4 Å². The van der Waals surface area contributed by atoms with E-state index in [1.165, 1.54) is 42.7 Å². The molecule has 1 aromatic heterocycles. The van der Waals surface area contributed by atoms with E-state index in [9.17, 15) is 18.4 Å². The van der Waals surface area contributed by atoms with Crippen molar-refractivity contribution < 1.29 is 22.7 Å². The van der Waals surface area contributed by atoms with E-state index in [1.54, 1.807) is 12.1 Å². The number of anilines is 1. The molecule has 0 radical (unpaired) electrons. The summed E-state index contributed by atoms with van der Waals surface area (Å²) >= 11 is 6.07. The molecule has 172 valence electrons. The van der Waals surface area contributed by atoms with E-state index in [-0.39, 0.29) is 32.1 Å². The van der Waals surface area contributed by atoms with Crippen LogP contribution in [0.3, 0.4) is 0 Å². The third-order valence-electron chi connectivity index (χ3n) is 5.99. The van der Waals surface area contributed by atoms with Crippen molar-refractivity contribution in [2.75, 3.05) is 17.9 Å². The Hall–Kier alpha value is -2.94. The molecule has 0 atom stereocenters. The number of hydrogen-bond acceptors (Lipinski definition) is 5. The summed E-state index contributed by atoms with van der Waals surface area (Å²) in [6.07, 6.45) is 4.14. The molecule has 1 aliphatic rings. The van der Waals surface area contributed by atoms with Crippen molar-refractivity contribution >= 4 is 33.1 Å². The van der Waals surface area contributed by atoms with E-state index < -0.39 is 15.8 Å². The van der Waals surface area contributed by atoms with E-state index >= 15 is 0 Å². The number of benzene rings is 2. The standard InChI is InChI=1S/C24H23ClN2O5S/c1-24(10-14-32-15-11-24)18-2-5-20(6-3-18)33(30,31)26-22-7-4-19(25)16-21(22)23(28)17-8-12-27(29)13-9-17/h2-9,12-13,16,26H,10-11,14-15H2,1H3. The Morgan fingerprint density at radius 1 is 1.06 bits per heavy atom. The molecule has 1 fully saturated rings. The predicted molar refractivity (Wildman–Crippen MR) is 125 cm³/mol. The summed E-state index contributed by atoms with van der Waals surface area (Å²) in [5, 5.41) is 11.6. The van der Waals surface area contributed by atoms with Gasteiger partial charge in [-0.25, -0.2) is 8.42 Å². The van der Waals surface area contributed by atoms with Crippen molar-refractivity contribution in [1.82, 2.24) is 0 Å². The highest BCUT2D eigenvalue weighted by molar-refractivity contribution is 7.92. The first-order valence-electron chi connectivity index (χ1n) is 10.4. The highest BCUT2D eigenvalue weighted by Gasteiger charge is 2.30. The molecular formula is C24H23ClN2O5S. The van der Waals surface area contributed by atoms with Crippen LogP contribution in [0.15, 0.2) is 71.9 Å². The second-order valence-corrected chi connectivity index (χ2v) is 10.4. The van der Waals surface area contributed by atoms with Crippen LogP contribution in [-0.4, -0.2) is 27.4 Å². The Labute approximate surface area is 197 Å². The maximum absolute atomic E-state index is 13.1. The number of pyridine rings is 1. The lowest BCUT2D eigenvalue weighted by molar-refractivity contribution is -0.605. The number of carbonyl (C=O) groups excluding carboxylic acids is 1. The van der Waals surface area contributed by atoms with Crippen LogP contribution in [0.5, 0.6) is 0 Å². The number of hydrogen-bond donors (Lipinski definition) is 1. The zero-order valence-corrected chi connectivity index (χ0v) is 19.5. The van der Waals surface area contributed by atoms with Gasteiger partial charge in [0, 0.05) is 41.5 Å². The molecule has 4 rings (SSSR count). The molecule has 2 heterocycles. The van der Waals surface area contributed by atoms with Gasteiger partial charge >= 0.3 is 0 Å². The Bertz CT molecular complexity index is 1270. The highest BCUT2D eigenvalue weighted by atomic mass is 35.5. The van der Waals surface area contributed by atoms with Crippen molar-refractivity contribution in [1.29, 1.82) is 0 Å². The third kappa shape index (κ3) is 5.03. The number of ether oxygens (including phenoxy) is 1. The lowest BCUT2D eigenvalue weighted by atomic mass is 9.76. The summed E-state index contributed by atoms with van der Waals surface area (Å²) in [5.41, 5.74) is 1.43. The molecule has 1 saturated heterocycles. The summed E-state index contributed by atoms with van der Waals surface area (Å²) in [4.78, 5) is 13.1. The lowest BCUT2D eigenvalue weighted by Crippen LogP contribution is -2.30. The summed E-state index contributed by atoms with van der Waals surface area (Å²) in [6.45, 7) is 3.52. The van der Waals surface area contributed by atoms with Gasteiger partial charge in [-0.05, 0) is 54.2 Å². The van der Waals surface area contributed by atoms with Gasteiger partial charge in [0.15, 0.2) is 18.2 Å². The van der Waals surface area contributed by atoms with Gasteiger partial charge in [-0.15, -0.1) is 0 Å². The maximum atomic E-state index is 13.1. The van der Waals surface area contributed by atoms with Gasteiger partial charge in [0.1, 0.15) is 0 Å². The van der Waals surface area contributed by atoms with E-state index in [0.717, 1.165) is 18.4 Å². The van der Waals surface area contributed by atoms with Gasteiger partial charge < -0.3 is 9.94 Å². The van der Waals surface area contributed by atoms with Crippen molar-refractivity contribution in [2.45, 2.75) is 30.1 Å². The molecule has 33 heavy (non-hydrogen) atoms. The minimum atomic E-state index is -3.96. The first-order chi connectivity index (χ1) is 15.7. The van der Waals surface area contributed by atoms with Crippen LogP contribution in [0.2, 0.25) is 5.02 Å². The van der Waals surface area contributed by atoms with Crippen LogP contribution in [0.25, 0.3) is 0 Å². The van der Waals surface area contributed by atoms with E-state index in [2.05, 4.69) is 11.6 Å². The van der Waals surface area contributed by atoms with Crippen molar-refractivity contribution in [3.63, 3.8) is 0 Å². The quantitative estimate of drug-likeness (QED) is 0.321. The van der Waals surface area contributed by atoms with Crippen LogP contribution in [0.4, 0.5) is 5.69 Å². The monoisotopic (exact) mass is 486 g/mol. The third-order valence-corrected chi connectivity index (χ3v) is 7.61. The van der Waals surface area contributed by atoms with Gasteiger partial charge in [-0.2, -0.15) is 4.73 Å². The number of nitrogens with one attached hydrogen (secondary N) is 1. The number of sulfonamides is 1. The van der Waals surface area contributed by atoms with E-state index in [0.29, 0.717) is 17.9 Å². The fraction of sp³-hybridized carbons (Fsp3) is 0.250. The van der Waals surface area contributed by atoms with E-state index in [1.807, 2.05) is 12.1 Å². The molecule has 1 aliphatic heterocycles. The largest absolute Gasteiger partial charge is 0.619 e. The molecule has 0 bridgehead atoms. The van der Waals surface area contributed by atoms with Crippen LogP contribution in [-0.2, 0) is 20.2 Å². The average Bonchev–Trinajstić information content (AvgIpc) is 2.81. The number of halogens is 1. The molecule has 3 aromatic rings. The number of aromatic nitrogens is 1. The van der Waals surface area contributed by atoms with Crippen LogP contribution in [0, 0.1) is 5.21 Å². The number of carbonyl (C=O) groups is 1. The first-order valence-corrected chi connectivity index (χ1v) is 12.3. The summed E-state index contributed by atoms with van der Waals surface area (Å²) in [5.74, 6) is -0.460. The van der Waals surface area contributed by atoms with Gasteiger partial charge in [-0.1, -0.05) is 30.7 Å². The summed E-state index contributed by atoms with van der Waals surface area (Å²) in [6, 6.07) is 13.9. The SMILES string of the molecule is CC1(c2ccc(S(=O)(=O)Nc3ccc(Cl)cc3C(=O)c3cc[n+]([O-])cc3)cc2)CCOCC1. The fourth-order valence-corrected chi connectivity index (χ4v) is 5.12. The van der Waals surface area contributed by atoms with Crippen LogP contribution >= 0.6 is 11.6 Å². The lowest BCUT2D eigenvalue weighted by Gasteiger charge is -2.34. The molecule has 0 unspecified atom stereocenters. The normalized spacial score (nSPS) is 15.7. The van der Waals surface area contributed by atoms with Gasteiger partial charge in [0.25, 0.3) is 10.0 Å². The average molecular weight is 487 g/mol. The molecule has 0 spiro atoms. The minimum Gasteiger partial charge on any atom is -0.619 e. The second kappa shape index (κ2) is 9.13. The van der Waals surface area contributed by atoms with Crippen LogP contribution in [0.1, 0.15) is 41.3 Å². The van der Waals surface area contributed by atoms with Crippen molar-refractivity contribution in [3.05, 3.63) is 93.9 Å². The fourth-order valence-electron chi connectivity index (χ4n) is 3.86. The Morgan fingerprint density at radius 2 is 1.70 bits per heavy atom. The highest BCUT2D eigenvalue weighted by Crippen LogP contribution is 2.35. The molecule has 0 amide bonds. The molecule has 0 aliphatic carbocycles. The molecular weight excluding hydrogens is 464 g/mol. The van der Waals surface area contributed by atoms with Crippen molar-refractivity contribution in [3.8, 4) is 0 Å². The first kappa shape index (κ1) is 23.2. The van der Waals surface area contributed by atoms with Gasteiger partial charge in [0.2, 0.25) is 0 Å². The predicted octanol–water partition coefficient (Wildman–Crippen LogP) is 4.07. The van der Waals surface area contributed by atoms with Gasteiger partial charge in [0.05, 0.1) is 10.6 Å². The maximum Gasteiger partial charge on any atom is 0.261 e. The Balaban J connectivity index is 1.62. The van der Waals surface area contributed by atoms with Crippen LogP contribution < -0.4 is 9.45 Å². The molecule has 0 saturated carbocycles. The molecule has 9 heteroatoms. The number of nitrogens with zero attached hydrogens (tertiary/aromatic N) is 1. The van der Waals surface area contributed by atoms with E-state index in [4.69, 9.17) is 16.3 Å². The second-order valence-electron chi connectivity index (χ2n) is 8.27. The molecule has 2 aromatic carbocycles. The zero-order chi connectivity index (χ0) is 23.6. The minimum absolute atomic E-state index is 0.0539. The Morgan fingerprint density at radius 3 is 2.33 bits per heavy atom.